The maximum atomic E-state index is 12.7. The number of nitrogens with zero attached hydrogens (tertiary/aromatic N) is 2. The summed E-state index contributed by atoms with van der Waals surface area (Å²) in [6.45, 7) is 9.54. The molecule has 1 aliphatic heterocycles. The van der Waals surface area contributed by atoms with Gasteiger partial charge < -0.3 is 5.32 Å². The summed E-state index contributed by atoms with van der Waals surface area (Å²) in [7, 11) is -3.48. The maximum absolute atomic E-state index is 12.7. The van der Waals surface area contributed by atoms with Crippen LogP contribution < -0.4 is 5.32 Å². The van der Waals surface area contributed by atoms with Crippen molar-refractivity contribution in [2.45, 2.75) is 59.4 Å². The Morgan fingerprint density at radius 2 is 1.86 bits per heavy atom. The van der Waals surface area contributed by atoms with E-state index < -0.39 is 10.2 Å². The lowest BCUT2D eigenvalue weighted by atomic mass is 9.94. The van der Waals surface area contributed by atoms with Gasteiger partial charge in [0.25, 0.3) is 10.2 Å². The lowest BCUT2D eigenvalue weighted by Gasteiger charge is -2.38. The number of unbranched alkanes of at least 4 members (excludes halogenated alkanes) is 1. The van der Waals surface area contributed by atoms with Gasteiger partial charge in [-0.1, -0.05) is 27.2 Å². The van der Waals surface area contributed by atoms with Crippen LogP contribution in [0.3, 0.4) is 0 Å². The van der Waals surface area contributed by atoms with E-state index in [2.05, 4.69) is 12.2 Å². The SMILES string of the molecule is CCCCNC(=O)C1CCC(C)N(S(=O)(=O)N(CC)CC)C1. The molecule has 2 unspecified atom stereocenters. The fraction of sp³-hybridized carbons (Fsp3) is 0.933. The molecule has 1 saturated heterocycles. The van der Waals surface area contributed by atoms with Crippen molar-refractivity contribution < 1.29 is 13.2 Å². The highest BCUT2D eigenvalue weighted by molar-refractivity contribution is 7.86. The lowest BCUT2D eigenvalue weighted by molar-refractivity contribution is -0.126. The number of carbonyl (C=O) groups is 1. The third-order valence-corrected chi connectivity index (χ3v) is 6.62. The Morgan fingerprint density at radius 3 is 2.41 bits per heavy atom. The van der Waals surface area contributed by atoms with Crippen LogP contribution in [0.4, 0.5) is 0 Å². The highest BCUT2D eigenvalue weighted by Gasteiger charge is 2.38. The smallest absolute Gasteiger partial charge is 0.282 e. The van der Waals surface area contributed by atoms with E-state index in [0.717, 1.165) is 25.7 Å². The largest absolute Gasteiger partial charge is 0.356 e. The Bertz CT molecular complexity index is 449. The molecule has 1 N–H and O–H groups in total. The van der Waals surface area contributed by atoms with E-state index in [4.69, 9.17) is 0 Å². The van der Waals surface area contributed by atoms with Crippen LogP contribution in [-0.2, 0) is 15.0 Å². The van der Waals surface area contributed by atoms with Crippen molar-refractivity contribution in [3.63, 3.8) is 0 Å². The van der Waals surface area contributed by atoms with Crippen LogP contribution >= 0.6 is 0 Å². The van der Waals surface area contributed by atoms with Crippen LogP contribution in [0.1, 0.15) is 53.4 Å². The summed E-state index contributed by atoms with van der Waals surface area (Å²) in [4.78, 5) is 12.2. The molecule has 22 heavy (non-hydrogen) atoms. The molecule has 1 aliphatic rings. The predicted molar refractivity (Wildman–Crippen MR) is 88.7 cm³/mol. The Balaban J connectivity index is 2.77. The topological polar surface area (TPSA) is 69.7 Å². The van der Waals surface area contributed by atoms with Gasteiger partial charge in [-0.2, -0.15) is 17.0 Å². The molecule has 0 aliphatic carbocycles. The summed E-state index contributed by atoms with van der Waals surface area (Å²) in [5.41, 5.74) is 0. The highest BCUT2D eigenvalue weighted by Crippen LogP contribution is 2.26. The van der Waals surface area contributed by atoms with Gasteiger partial charge in [0.15, 0.2) is 0 Å². The highest BCUT2D eigenvalue weighted by atomic mass is 32.2. The molecule has 1 amide bonds. The first-order chi connectivity index (χ1) is 10.4. The minimum absolute atomic E-state index is 0.0138. The molecule has 7 heteroatoms. The number of piperidine rings is 1. The molecule has 2 atom stereocenters. The Morgan fingerprint density at radius 1 is 1.23 bits per heavy atom. The summed E-state index contributed by atoms with van der Waals surface area (Å²) in [5.74, 6) is -0.251. The molecular weight excluding hydrogens is 302 g/mol. The zero-order chi connectivity index (χ0) is 16.8. The van der Waals surface area contributed by atoms with E-state index >= 15 is 0 Å². The van der Waals surface area contributed by atoms with Gasteiger partial charge in [-0.25, -0.2) is 0 Å². The number of nitrogens with one attached hydrogen (secondary N) is 1. The summed E-state index contributed by atoms with van der Waals surface area (Å²) >= 11 is 0. The fourth-order valence-electron chi connectivity index (χ4n) is 2.84. The normalized spacial score (nSPS) is 23.7. The average Bonchev–Trinajstić information content (AvgIpc) is 2.48. The molecule has 0 aromatic heterocycles. The molecule has 0 saturated carbocycles. The fourth-order valence-corrected chi connectivity index (χ4v) is 4.72. The summed E-state index contributed by atoms with van der Waals surface area (Å²) < 4.78 is 28.4. The van der Waals surface area contributed by atoms with Crippen molar-refractivity contribution in [1.82, 2.24) is 13.9 Å². The number of carbonyl (C=O) groups excluding carboxylic acids is 1. The molecule has 0 radical (unpaired) electrons. The number of hydrogen-bond donors (Lipinski definition) is 1. The summed E-state index contributed by atoms with van der Waals surface area (Å²) in [5, 5.41) is 2.92. The number of hydrogen-bond acceptors (Lipinski definition) is 3. The van der Waals surface area contributed by atoms with Crippen molar-refractivity contribution in [3.8, 4) is 0 Å². The molecule has 1 fully saturated rings. The van der Waals surface area contributed by atoms with E-state index in [0.29, 0.717) is 19.6 Å². The molecule has 0 spiro atoms. The molecule has 130 valence electrons. The maximum Gasteiger partial charge on any atom is 0.282 e. The van der Waals surface area contributed by atoms with Gasteiger partial charge in [0, 0.05) is 32.2 Å². The summed E-state index contributed by atoms with van der Waals surface area (Å²) in [6.07, 6.45) is 3.47. The Labute approximate surface area is 135 Å². The molecular formula is C15H31N3O3S. The predicted octanol–water partition coefficient (Wildman–Crippen LogP) is 1.59. The minimum atomic E-state index is -3.48. The van der Waals surface area contributed by atoms with E-state index in [9.17, 15) is 13.2 Å². The molecule has 0 aromatic rings. The quantitative estimate of drug-likeness (QED) is 0.686. The second-order valence-electron chi connectivity index (χ2n) is 5.93. The van der Waals surface area contributed by atoms with E-state index in [1.165, 1.54) is 8.61 Å². The molecule has 0 bridgehead atoms. The first-order valence-electron chi connectivity index (χ1n) is 8.43. The van der Waals surface area contributed by atoms with Gasteiger partial charge in [-0.15, -0.1) is 0 Å². The van der Waals surface area contributed by atoms with Crippen LogP contribution in [0.5, 0.6) is 0 Å². The zero-order valence-electron chi connectivity index (χ0n) is 14.3. The van der Waals surface area contributed by atoms with Crippen LogP contribution in [-0.4, -0.2) is 55.2 Å². The van der Waals surface area contributed by atoms with Gasteiger partial charge in [-0.05, 0) is 26.2 Å². The van der Waals surface area contributed by atoms with Crippen molar-refractivity contribution in [2.24, 2.45) is 5.92 Å². The standard InChI is InChI=1S/C15H31N3O3S/c1-5-8-11-16-15(19)14-10-9-13(4)18(12-14)22(20,21)17(6-2)7-3/h13-14H,5-12H2,1-4H3,(H,16,19). The monoisotopic (exact) mass is 333 g/mol. The van der Waals surface area contributed by atoms with E-state index in [-0.39, 0.29) is 24.4 Å². The number of rotatable bonds is 8. The van der Waals surface area contributed by atoms with Crippen LogP contribution in [0.25, 0.3) is 0 Å². The molecule has 0 aromatic carbocycles. The molecule has 6 nitrogen and oxygen atoms in total. The summed E-state index contributed by atoms with van der Waals surface area (Å²) in [6, 6.07) is -0.0507. The van der Waals surface area contributed by atoms with Gasteiger partial charge in [0.2, 0.25) is 5.91 Å². The molecule has 1 heterocycles. The average molecular weight is 333 g/mol. The van der Waals surface area contributed by atoms with Crippen LogP contribution in [0.2, 0.25) is 0 Å². The van der Waals surface area contributed by atoms with Crippen molar-refractivity contribution in [3.05, 3.63) is 0 Å². The van der Waals surface area contributed by atoms with E-state index in [1.807, 2.05) is 20.8 Å². The molecule has 1 rings (SSSR count). The second-order valence-corrected chi connectivity index (χ2v) is 7.81. The van der Waals surface area contributed by atoms with Crippen molar-refractivity contribution >= 4 is 16.1 Å². The first kappa shape index (κ1) is 19.4. The first-order valence-corrected chi connectivity index (χ1v) is 9.82. The van der Waals surface area contributed by atoms with Crippen molar-refractivity contribution in [1.29, 1.82) is 0 Å². The zero-order valence-corrected chi connectivity index (χ0v) is 15.2. The number of amides is 1. The lowest BCUT2D eigenvalue weighted by Crippen LogP contribution is -2.53. The van der Waals surface area contributed by atoms with E-state index in [1.54, 1.807) is 0 Å². The third kappa shape index (κ3) is 4.67. The third-order valence-electron chi connectivity index (χ3n) is 4.35. The Hall–Kier alpha value is -0.660. The minimum Gasteiger partial charge on any atom is -0.356 e. The van der Waals surface area contributed by atoms with Gasteiger partial charge in [-0.3, -0.25) is 4.79 Å². The van der Waals surface area contributed by atoms with Gasteiger partial charge >= 0.3 is 0 Å². The Kier molecular flexibility index (Phi) is 7.79. The van der Waals surface area contributed by atoms with Crippen LogP contribution in [0, 0.1) is 5.92 Å². The van der Waals surface area contributed by atoms with Gasteiger partial charge in [0.05, 0.1) is 5.92 Å². The van der Waals surface area contributed by atoms with Crippen molar-refractivity contribution in [2.75, 3.05) is 26.2 Å². The van der Waals surface area contributed by atoms with Crippen LogP contribution in [0.15, 0.2) is 0 Å². The second kappa shape index (κ2) is 8.84. The van der Waals surface area contributed by atoms with Gasteiger partial charge in [0.1, 0.15) is 0 Å².